The van der Waals surface area contributed by atoms with E-state index in [1.165, 1.54) is 19.3 Å². The fourth-order valence-corrected chi connectivity index (χ4v) is 3.80. The minimum atomic E-state index is 0.137. The smallest absolute Gasteiger partial charge is 0.254 e. The molecule has 0 bridgehead atoms. The van der Waals surface area contributed by atoms with Gasteiger partial charge >= 0.3 is 0 Å². The highest BCUT2D eigenvalue weighted by Gasteiger charge is 2.31. The molecule has 4 heteroatoms. The van der Waals surface area contributed by atoms with Crippen LogP contribution in [0.1, 0.15) is 41.6 Å². The second-order valence-corrected chi connectivity index (χ2v) is 6.75. The van der Waals surface area contributed by atoms with E-state index in [1.807, 2.05) is 24.0 Å². The lowest BCUT2D eigenvalue weighted by Gasteiger charge is -2.36. The van der Waals surface area contributed by atoms with Crippen molar-refractivity contribution in [1.29, 1.82) is 0 Å². The van der Waals surface area contributed by atoms with Gasteiger partial charge < -0.3 is 10.2 Å². The first-order chi connectivity index (χ1) is 10.1. The summed E-state index contributed by atoms with van der Waals surface area (Å²) in [5, 5.41) is 4.22. The summed E-state index contributed by atoms with van der Waals surface area (Å²) in [6.45, 7) is 4.85. The Morgan fingerprint density at radius 1 is 1.33 bits per heavy atom. The highest BCUT2D eigenvalue weighted by Crippen LogP contribution is 2.26. The van der Waals surface area contributed by atoms with Crippen LogP contribution in [0.4, 0.5) is 0 Å². The van der Waals surface area contributed by atoms with E-state index < -0.39 is 0 Å². The SMILES string of the molecule is Cc1ccc(Cl)cc1C(=O)N1CCCC(C2CCCN2)C1. The first-order valence-electron chi connectivity index (χ1n) is 7.94. The van der Waals surface area contributed by atoms with Gasteiger partial charge in [0.15, 0.2) is 0 Å². The van der Waals surface area contributed by atoms with Crippen LogP contribution in [0.5, 0.6) is 0 Å². The van der Waals surface area contributed by atoms with E-state index in [1.54, 1.807) is 6.07 Å². The lowest BCUT2D eigenvalue weighted by Crippen LogP contribution is -2.46. The van der Waals surface area contributed by atoms with Gasteiger partial charge in [-0.25, -0.2) is 0 Å². The third-order valence-electron chi connectivity index (χ3n) is 4.84. The molecule has 2 atom stereocenters. The van der Waals surface area contributed by atoms with Crippen molar-refractivity contribution in [3.63, 3.8) is 0 Å². The quantitative estimate of drug-likeness (QED) is 0.909. The second-order valence-electron chi connectivity index (χ2n) is 6.32. The number of hydrogen-bond acceptors (Lipinski definition) is 2. The van der Waals surface area contributed by atoms with E-state index in [2.05, 4.69) is 5.32 Å². The van der Waals surface area contributed by atoms with E-state index in [0.29, 0.717) is 17.0 Å². The Bertz CT molecular complexity index is 526. The molecule has 2 heterocycles. The van der Waals surface area contributed by atoms with Crippen LogP contribution in [0.25, 0.3) is 0 Å². The maximum atomic E-state index is 12.8. The molecule has 3 nitrogen and oxygen atoms in total. The lowest BCUT2D eigenvalue weighted by atomic mass is 9.89. The van der Waals surface area contributed by atoms with Gasteiger partial charge in [-0.3, -0.25) is 4.79 Å². The summed E-state index contributed by atoms with van der Waals surface area (Å²) in [6.07, 6.45) is 4.86. The molecule has 2 aliphatic rings. The van der Waals surface area contributed by atoms with E-state index in [4.69, 9.17) is 11.6 Å². The van der Waals surface area contributed by atoms with Gasteiger partial charge in [0.25, 0.3) is 5.91 Å². The number of nitrogens with zero attached hydrogens (tertiary/aromatic N) is 1. The molecule has 114 valence electrons. The van der Waals surface area contributed by atoms with E-state index in [9.17, 15) is 4.79 Å². The molecule has 2 unspecified atom stereocenters. The van der Waals surface area contributed by atoms with Crippen LogP contribution in [0.2, 0.25) is 5.02 Å². The number of piperidine rings is 1. The van der Waals surface area contributed by atoms with E-state index >= 15 is 0 Å². The minimum Gasteiger partial charge on any atom is -0.338 e. The Balaban J connectivity index is 1.73. The number of halogens is 1. The van der Waals surface area contributed by atoms with Crippen molar-refractivity contribution in [1.82, 2.24) is 10.2 Å². The third-order valence-corrected chi connectivity index (χ3v) is 5.08. The summed E-state index contributed by atoms with van der Waals surface area (Å²) in [7, 11) is 0. The molecular weight excluding hydrogens is 284 g/mol. The summed E-state index contributed by atoms with van der Waals surface area (Å²) < 4.78 is 0. The fourth-order valence-electron chi connectivity index (χ4n) is 3.63. The maximum absolute atomic E-state index is 12.8. The Kier molecular flexibility index (Phi) is 4.51. The normalized spacial score (nSPS) is 26.1. The highest BCUT2D eigenvalue weighted by atomic mass is 35.5. The molecule has 2 saturated heterocycles. The highest BCUT2D eigenvalue weighted by molar-refractivity contribution is 6.31. The number of nitrogens with one attached hydrogen (secondary N) is 1. The lowest BCUT2D eigenvalue weighted by molar-refractivity contribution is 0.0650. The maximum Gasteiger partial charge on any atom is 0.254 e. The Labute approximate surface area is 131 Å². The monoisotopic (exact) mass is 306 g/mol. The topological polar surface area (TPSA) is 32.3 Å². The molecule has 0 saturated carbocycles. The zero-order valence-corrected chi connectivity index (χ0v) is 13.3. The number of benzene rings is 1. The zero-order chi connectivity index (χ0) is 14.8. The number of amides is 1. The Morgan fingerprint density at radius 3 is 2.95 bits per heavy atom. The largest absolute Gasteiger partial charge is 0.338 e. The Hall–Kier alpha value is -1.06. The van der Waals surface area contributed by atoms with Crippen molar-refractivity contribution in [3.8, 4) is 0 Å². The van der Waals surface area contributed by atoms with Crippen molar-refractivity contribution in [2.24, 2.45) is 5.92 Å². The van der Waals surface area contributed by atoms with Crippen LogP contribution < -0.4 is 5.32 Å². The predicted molar refractivity (Wildman–Crippen MR) is 85.8 cm³/mol. The van der Waals surface area contributed by atoms with Crippen molar-refractivity contribution < 1.29 is 4.79 Å². The standard InChI is InChI=1S/C17H23ClN2O/c1-12-6-7-14(18)10-15(12)17(21)20-9-3-4-13(11-20)16-5-2-8-19-16/h6-7,10,13,16,19H,2-5,8-9,11H2,1H3. The number of carbonyl (C=O) groups is 1. The van der Waals surface area contributed by atoms with E-state index in [-0.39, 0.29) is 5.91 Å². The Morgan fingerprint density at radius 2 is 2.19 bits per heavy atom. The minimum absolute atomic E-state index is 0.137. The van der Waals surface area contributed by atoms with Gasteiger partial charge in [0.1, 0.15) is 0 Å². The molecule has 2 aliphatic heterocycles. The average Bonchev–Trinajstić information content (AvgIpc) is 3.03. The molecule has 2 fully saturated rings. The number of likely N-dealkylation sites (tertiary alicyclic amines) is 1. The van der Waals surface area contributed by atoms with Crippen molar-refractivity contribution in [2.45, 2.75) is 38.6 Å². The second kappa shape index (κ2) is 6.37. The molecule has 21 heavy (non-hydrogen) atoms. The molecule has 0 spiro atoms. The summed E-state index contributed by atoms with van der Waals surface area (Å²) >= 11 is 6.05. The summed E-state index contributed by atoms with van der Waals surface area (Å²) in [4.78, 5) is 14.8. The van der Waals surface area contributed by atoms with Gasteiger partial charge in [-0.05, 0) is 62.8 Å². The van der Waals surface area contributed by atoms with Gasteiger partial charge in [-0.2, -0.15) is 0 Å². The average molecular weight is 307 g/mol. The van der Waals surface area contributed by atoms with Gasteiger partial charge in [0, 0.05) is 29.7 Å². The third kappa shape index (κ3) is 3.24. The van der Waals surface area contributed by atoms with Crippen LogP contribution in [0.15, 0.2) is 18.2 Å². The molecular formula is C17H23ClN2O. The molecule has 3 rings (SSSR count). The number of rotatable bonds is 2. The van der Waals surface area contributed by atoms with Crippen molar-refractivity contribution >= 4 is 17.5 Å². The first kappa shape index (κ1) is 14.9. The molecule has 0 aromatic heterocycles. The van der Waals surface area contributed by atoms with Gasteiger partial charge in [-0.15, -0.1) is 0 Å². The van der Waals surface area contributed by atoms with Gasteiger partial charge in [0.05, 0.1) is 0 Å². The van der Waals surface area contributed by atoms with Gasteiger partial charge in [0.2, 0.25) is 0 Å². The van der Waals surface area contributed by atoms with Gasteiger partial charge in [-0.1, -0.05) is 17.7 Å². The zero-order valence-electron chi connectivity index (χ0n) is 12.6. The van der Waals surface area contributed by atoms with Crippen LogP contribution in [-0.4, -0.2) is 36.5 Å². The summed E-state index contributed by atoms with van der Waals surface area (Å²) in [5.74, 6) is 0.738. The fraction of sp³-hybridized carbons (Fsp3) is 0.588. The van der Waals surface area contributed by atoms with E-state index in [0.717, 1.165) is 37.2 Å². The molecule has 1 amide bonds. The predicted octanol–water partition coefficient (Wildman–Crippen LogP) is 3.25. The molecule has 0 radical (unpaired) electrons. The molecule has 1 N–H and O–H groups in total. The van der Waals surface area contributed by atoms with Crippen LogP contribution in [-0.2, 0) is 0 Å². The molecule has 1 aromatic carbocycles. The van der Waals surface area contributed by atoms with Crippen LogP contribution >= 0.6 is 11.6 Å². The molecule has 0 aliphatic carbocycles. The number of hydrogen-bond donors (Lipinski definition) is 1. The van der Waals surface area contributed by atoms with Crippen LogP contribution in [0.3, 0.4) is 0 Å². The summed E-state index contributed by atoms with van der Waals surface area (Å²) in [6, 6.07) is 6.17. The van der Waals surface area contributed by atoms with Crippen LogP contribution in [0, 0.1) is 12.8 Å². The number of aryl methyl sites for hydroxylation is 1. The summed E-state index contributed by atoms with van der Waals surface area (Å²) in [5.41, 5.74) is 1.76. The first-order valence-corrected chi connectivity index (χ1v) is 8.32. The molecule has 1 aromatic rings. The number of carbonyl (C=O) groups excluding carboxylic acids is 1. The van der Waals surface area contributed by atoms with Crippen molar-refractivity contribution in [2.75, 3.05) is 19.6 Å². The van der Waals surface area contributed by atoms with Crippen molar-refractivity contribution in [3.05, 3.63) is 34.3 Å².